The molecule has 3 rings (SSSR count). The molecule has 7 nitrogen and oxygen atoms in total. The minimum atomic E-state index is -3.77. The Morgan fingerprint density at radius 1 is 1.14 bits per heavy atom. The average molecular weight is 442 g/mol. The van der Waals surface area contributed by atoms with E-state index in [0.717, 1.165) is 0 Å². The van der Waals surface area contributed by atoms with Gasteiger partial charge in [-0.1, -0.05) is 25.4 Å². The topological polar surface area (TPSA) is 78.0 Å². The number of likely N-dealkylation sites (tertiary alicyclic amines) is 1. The van der Waals surface area contributed by atoms with Crippen LogP contribution in [-0.2, 0) is 19.6 Å². The molecule has 1 spiro atoms. The first kappa shape index (κ1) is 22.1. The lowest BCUT2D eigenvalue weighted by Gasteiger charge is -2.34. The van der Waals surface area contributed by atoms with Crippen molar-refractivity contribution < 1.29 is 18.0 Å². The second-order valence-corrected chi connectivity index (χ2v) is 10.7. The molecule has 1 aromatic rings. The number of benzene rings is 1. The largest absolute Gasteiger partial charge is 0.342 e. The van der Waals surface area contributed by atoms with Crippen molar-refractivity contribution in [1.29, 1.82) is 0 Å². The molecular weight excluding hydrogens is 414 g/mol. The third kappa shape index (κ3) is 4.44. The Morgan fingerprint density at radius 2 is 1.79 bits per heavy atom. The maximum Gasteiger partial charge on any atom is 0.243 e. The van der Waals surface area contributed by atoms with Crippen LogP contribution in [0, 0.1) is 11.3 Å². The summed E-state index contributed by atoms with van der Waals surface area (Å²) in [6.45, 7) is 7.71. The molecule has 0 aliphatic carbocycles. The number of carbonyl (C=O) groups is 2. The molecule has 0 radical (unpaired) electrons. The quantitative estimate of drug-likeness (QED) is 0.716. The van der Waals surface area contributed by atoms with Gasteiger partial charge in [-0.05, 0) is 31.2 Å². The molecule has 0 aromatic heterocycles. The molecule has 0 saturated carbocycles. The second-order valence-electron chi connectivity index (χ2n) is 8.29. The van der Waals surface area contributed by atoms with Crippen LogP contribution in [0.1, 0.15) is 27.2 Å². The number of amides is 2. The van der Waals surface area contributed by atoms with Gasteiger partial charge in [0.15, 0.2) is 0 Å². The van der Waals surface area contributed by atoms with Crippen LogP contribution in [-0.4, -0.2) is 73.6 Å². The number of halogens is 1. The van der Waals surface area contributed by atoms with E-state index in [0.29, 0.717) is 31.2 Å². The molecule has 2 aliphatic heterocycles. The normalized spacial score (nSPS) is 23.8. The number of hydrogen-bond donors (Lipinski definition) is 0. The summed E-state index contributed by atoms with van der Waals surface area (Å²) in [4.78, 5) is 28.9. The summed E-state index contributed by atoms with van der Waals surface area (Å²) in [5.74, 6) is -0.196. The fourth-order valence-electron chi connectivity index (χ4n) is 4.21. The summed E-state index contributed by atoms with van der Waals surface area (Å²) in [7, 11) is -3.77. The fourth-order valence-corrected chi connectivity index (χ4v) is 5.88. The number of sulfonamides is 1. The predicted molar refractivity (Wildman–Crippen MR) is 111 cm³/mol. The number of nitrogens with zero attached hydrogens (tertiary/aromatic N) is 3. The molecule has 160 valence electrons. The monoisotopic (exact) mass is 441 g/mol. The molecule has 0 unspecified atom stereocenters. The summed E-state index contributed by atoms with van der Waals surface area (Å²) in [5.41, 5.74) is -0.604. The minimum Gasteiger partial charge on any atom is -0.342 e. The molecule has 9 heteroatoms. The summed E-state index contributed by atoms with van der Waals surface area (Å²) in [6.07, 6.45) is 0.245. The van der Waals surface area contributed by atoms with Crippen LogP contribution in [0.25, 0.3) is 0 Å². The van der Waals surface area contributed by atoms with Gasteiger partial charge in [-0.2, -0.15) is 4.31 Å². The van der Waals surface area contributed by atoms with E-state index >= 15 is 0 Å². The second kappa shape index (κ2) is 8.24. The van der Waals surface area contributed by atoms with E-state index in [1.165, 1.54) is 16.4 Å². The van der Waals surface area contributed by atoms with Crippen molar-refractivity contribution in [2.75, 3.05) is 39.3 Å². The average Bonchev–Trinajstić information content (AvgIpc) is 2.85. The SMILES string of the molecule is CCN1C[C@]2(CC1=O)CN(C(=O)C(C)C)CCN(S(=O)(=O)c1ccc(Cl)cc1)C2. The first-order valence-corrected chi connectivity index (χ1v) is 11.7. The Bertz CT molecular complexity index is 887. The maximum atomic E-state index is 13.3. The van der Waals surface area contributed by atoms with Gasteiger partial charge in [0.25, 0.3) is 0 Å². The van der Waals surface area contributed by atoms with E-state index in [1.807, 2.05) is 20.8 Å². The molecule has 0 N–H and O–H groups in total. The predicted octanol–water partition coefficient (Wildman–Crippen LogP) is 2.07. The van der Waals surface area contributed by atoms with E-state index < -0.39 is 15.4 Å². The van der Waals surface area contributed by atoms with Gasteiger partial charge in [0.1, 0.15) is 0 Å². The Hall–Kier alpha value is -1.64. The standard InChI is InChI=1S/C20H28ClN3O4S/c1-4-22-12-20(11-18(22)25)13-23(19(26)15(2)3)9-10-24(14-20)29(27,28)17-7-5-16(21)6-8-17/h5-8,15H,4,9-14H2,1-3H3/t20-/m1/s1. The zero-order valence-corrected chi connectivity index (χ0v) is 18.7. The van der Waals surface area contributed by atoms with Crippen LogP contribution in [0.15, 0.2) is 29.2 Å². The van der Waals surface area contributed by atoms with Crippen LogP contribution in [0.4, 0.5) is 0 Å². The highest BCUT2D eigenvalue weighted by Gasteiger charge is 2.48. The Morgan fingerprint density at radius 3 is 2.34 bits per heavy atom. The van der Waals surface area contributed by atoms with Crippen molar-refractivity contribution >= 4 is 33.4 Å². The molecule has 1 atom stereocenters. The highest BCUT2D eigenvalue weighted by Crippen LogP contribution is 2.37. The van der Waals surface area contributed by atoms with Crippen LogP contribution in [0.2, 0.25) is 5.02 Å². The Labute approximate surface area is 177 Å². The number of carbonyl (C=O) groups excluding carboxylic acids is 2. The lowest BCUT2D eigenvalue weighted by molar-refractivity contribution is -0.135. The maximum absolute atomic E-state index is 13.3. The molecule has 2 fully saturated rings. The molecule has 0 bridgehead atoms. The van der Waals surface area contributed by atoms with Crippen molar-refractivity contribution in [3.63, 3.8) is 0 Å². The van der Waals surface area contributed by atoms with E-state index in [9.17, 15) is 18.0 Å². The van der Waals surface area contributed by atoms with Gasteiger partial charge in [-0.25, -0.2) is 8.42 Å². The van der Waals surface area contributed by atoms with Crippen molar-refractivity contribution in [2.24, 2.45) is 11.3 Å². The molecule has 2 heterocycles. The first-order valence-electron chi connectivity index (χ1n) is 9.90. The highest BCUT2D eigenvalue weighted by atomic mass is 35.5. The molecule has 2 aliphatic rings. The van der Waals surface area contributed by atoms with Crippen LogP contribution >= 0.6 is 11.6 Å². The van der Waals surface area contributed by atoms with Crippen molar-refractivity contribution in [2.45, 2.75) is 32.1 Å². The number of hydrogen-bond acceptors (Lipinski definition) is 4. The highest BCUT2D eigenvalue weighted by molar-refractivity contribution is 7.89. The van der Waals surface area contributed by atoms with Gasteiger partial charge in [0, 0.05) is 62.0 Å². The lowest BCUT2D eigenvalue weighted by atomic mass is 9.86. The van der Waals surface area contributed by atoms with E-state index in [1.54, 1.807) is 21.9 Å². The smallest absolute Gasteiger partial charge is 0.243 e. The summed E-state index contributed by atoms with van der Waals surface area (Å²) < 4.78 is 28.1. The summed E-state index contributed by atoms with van der Waals surface area (Å²) in [5, 5.41) is 0.463. The molecule has 2 amide bonds. The molecule has 29 heavy (non-hydrogen) atoms. The van der Waals surface area contributed by atoms with Gasteiger partial charge < -0.3 is 9.80 Å². The fraction of sp³-hybridized carbons (Fsp3) is 0.600. The van der Waals surface area contributed by atoms with Crippen molar-refractivity contribution in [3.8, 4) is 0 Å². The third-order valence-corrected chi connectivity index (χ3v) is 7.81. The van der Waals surface area contributed by atoms with Gasteiger partial charge in [-0.3, -0.25) is 9.59 Å². The van der Waals surface area contributed by atoms with Gasteiger partial charge in [0.2, 0.25) is 21.8 Å². The Balaban J connectivity index is 1.96. The zero-order chi connectivity index (χ0) is 21.4. The van der Waals surface area contributed by atoms with Crippen molar-refractivity contribution in [3.05, 3.63) is 29.3 Å². The first-order chi connectivity index (χ1) is 13.6. The molecule has 1 aromatic carbocycles. The lowest BCUT2D eigenvalue weighted by Crippen LogP contribution is -2.46. The van der Waals surface area contributed by atoms with Gasteiger partial charge in [0.05, 0.1) is 4.90 Å². The minimum absolute atomic E-state index is 0.00943. The van der Waals surface area contributed by atoms with E-state index in [4.69, 9.17) is 11.6 Å². The van der Waals surface area contributed by atoms with E-state index in [2.05, 4.69) is 0 Å². The van der Waals surface area contributed by atoms with Crippen LogP contribution in [0.3, 0.4) is 0 Å². The van der Waals surface area contributed by atoms with Crippen molar-refractivity contribution in [1.82, 2.24) is 14.1 Å². The van der Waals surface area contributed by atoms with Gasteiger partial charge in [-0.15, -0.1) is 0 Å². The van der Waals surface area contributed by atoms with Gasteiger partial charge >= 0.3 is 0 Å². The van der Waals surface area contributed by atoms with Crippen LogP contribution in [0.5, 0.6) is 0 Å². The third-order valence-electron chi connectivity index (χ3n) is 5.70. The molecular formula is C20H28ClN3O4S. The van der Waals surface area contributed by atoms with E-state index in [-0.39, 0.29) is 42.1 Å². The summed E-state index contributed by atoms with van der Waals surface area (Å²) in [6, 6.07) is 6.08. The number of rotatable bonds is 4. The van der Waals surface area contributed by atoms with Crippen LogP contribution < -0.4 is 0 Å². The summed E-state index contributed by atoms with van der Waals surface area (Å²) >= 11 is 5.91. The molecule has 2 saturated heterocycles. The Kier molecular flexibility index (Phi) is 6.27. The zero-order valence-electron chi connectivity index (χ0n) is 17.1.